The molecule has 0 bridgehead atoms. The standard InChI is InChI=1S/C33H22S3/c1-33(2)25-18-19(20-9-7-10-24-22-8-3-4-11-26(22)35-31(20)24)14-15-21(25)23-16-17-29-32(30(23)33)36-28-13-6-5-12-27(28)34-29/h3-18H,1-2H3. The molecule has 2 heterocycles. The second-order valence-electron chi connectivity index (χ2n) is 10.1. The largest absolute Gasteiger partial charge is 0.135 e. The molecule has 0 saturated carbocycles. The number of hydrogen-bond acceptors (Lipinski definition) is 3. The Labute approximate surface area is 223 Å². The van der Waals surface area contributed by atoms with Crippen molar-refractivity contribution in [2.45, 2.75) is 38.8 Å². The van der Waals surface area contributed by atoms with Gasteiger partial charge in [-0.3, -0.25) is 0 Å². The van der Waals surface area contributed by atoms with Gasteiger partial charge in [-0.05, 0) is 63.7 Å². The van der Waals surface area contributed by atoms with E-state index in [0.29, 0.717) is 0 Å². The van der Waals surface area contributed by atoms with Gasteiger partial charge in [0.05, 0.1) is 0 Å². The van der Waals surface area contributed by atoms with Gasteiger partial charge in [0.2, 0.25) is 0 Å². The maximum absolute atomic E-state index is 2.47. The number of thiophene rings is 1. The van der Waals surface area contributed by atoms with Gasteiger partial charge in [0, 0.05) is 45.2 Å². The smallest absolute Gasteiger partial charge is 0.0433 e. The van der Waals surface area contributed by atoms with Gasteiger partial charge in [0.1, 0.15) is 0 Å². The highest BCUT2D eigenvalue weighted by molar-refractivity contribution is 8.05. The molecule has 3 heteroatoms. The summed E-state index contributed by atoms with van der Waals surface area (Å²) in [5.74, 6) is 0. The maximum Gasteiger partial charge on any atom is 0.0433 e. The molecule has 0 unspecified atom stereocenters. The first kappa shape index (κ1) is 21.1. The summed E-state index contributed by atoms with van der Waals surface area (Å²) in [6, 6.07) is 36.2. The Kier molecular flexibility index (Phi) is 4.41. The number of hydrogen-bond donors (Lipinski definition) is 0. The van der Waals surface area contributed by atoms with Crippen molar-refractivity contribution in [1.82, 2.24) is 0 Å². The van der Waals surface area contributed by atoms with Crippen LogP contribution in [0.4, 0.5) is 0 Å². The van der Waals surface area contributed by atoms with Crippen LogP contribution in [-0.2, 0) is 5.41 Å². The van der Waals surface area contributed by atoms with Crippen LogP contribution in [0.3, 0.4) is 0 Å². The molecule has 1 aliphatic heterocycles. The Morgan fingerprint density at radius 1 is 0.583 bits per heavy atom. The molecule has 0 nitrogen and oxygen atoms in total. The third kappa shape index (κ3) is 2.85. The molecule has 0 amide bonds. The summed E-state index contributed by atoms with van der Waals surface area (Å²) in [5.41, 5.74) is 8.30. The van der Waals surface area contributed by atoms with Crippen LogP contribution < -0.4 is 0 Å². The van der Waals surface area contributed by atoms with Gasteiger partial charge in [-0.15, -0.1) is 11.3 Å². The van der Waals surface area contributed by atoms with E-state index in [1.54, 1.807) is 0 Å². The van der Waals surface area contributed by atoms with Gasteiger partial charge >= 0.3 is 0 Å². The minimum absolute atomic E-state index is 0.0556. The lowest BCUT2D eigenvalue weighted by atomic mass is 9.81. The van der Waals surface area contributed by atoms with Crippen LogP contribution in [0.25, 0.3) is 42.4 Å². The molecule has 0 spiro atoms. The van der Waals surface area contributed by atoms with E-state index in [2.05, 4.69) is 111 Å². The van der Waals surface area contributed by atoms with Crippen molar-refractivity contribution in [2.75, 3.05) is 0 Å². The van der Waals surface area contributed by atoms with Crippen molar-refractivity contribution in [3.8, 4) is 22.3 Å². The lowest BCUT2D eigenvalue weighted by Crippen LogP contribution is -2.17. The Morgan fingerprint density at radius 3 is 2.22 bits per heavy atom. The van der Waals surface area contributed by atoms with Crippen LogP contribution in [-0.4, -0.2) is 0 Å². The third-order valence-corrected chi connectivity index (χ3v) is 11.5. The number of fused-ring (bicyclic) bond motifs is 9. The molecule has 0 radical (unpaired) electrons. The van der Waals surface area contributed by atoms with Gasteiger partial charge in [-0.1, -0.05) is 104 Å². The molecule has 5 aromatic carbocycles. The quantitative estimate of drug-likeness (QED) is 0.214. The minimum Gasteiger partial charge on any atom is -0.135 e. The van der Waals surface area contributed by atoms with E-state index < -0.39 is 0 Å². The zero-order valence-electron chi connectivity index (χ0n) is 20.0. The Morgan fingerprint density at radius 2 is 1.33 bits per heavy atom. The Bertz CT molecular complexity index is 1870. The summed E-state index contributed by atoms with van der Waals surface area (Å²) in [5, 5.41) is 2.71. The van der Waals surface area contributed by atoms with E-state index in [1.165, 1.54) is 73.1 Å². The summed E-state index contributed by atoms with van der Waals surface area (Å²) in [6.07, 6.45) is 0. The summed E-state index contributed by atoms with van der Waals surface area (Å²) in [6.45, 7) is 4.82. The highest BCUT2D eigenvalue weighted by atomic mass is 32.2. The minimum atomic E-state index is -0.0556. The third-order valence-electron chi connectivity index (χ3n) is 7.73. The number of benzene rings is 5. The van der Waals surface area contributed by atoms with E-state index in [1.807, 2.05) is 34.9 Å². The van der Waals surface area contributed by atoms with Gasteiger partial charge in [0.25, 0.3) is 0 Å². The van der Waals surface area contributed by atoms with Crippen LogP contribution >= 0.6 is 34.9 Å². The molecule has 2 aliphatic rings. The normalized spacial score (nSPS) is 14.9. The summed E-state index contributed by atoms with van der Waals surface area (Å²) < 4.78 is 2.74. The first-order valence-corrected chi connectivity index (χ1v) is 14.7. The van der Waals surface area contributed by atoms with Crippen LogP contribution in [0.2, 0.25) is 0 Å². The topological polar surface area (TPSA) is 0 Å². The predicted octanol–water partition coefficient (Wildman–Crippen LogP) is 10.6. The molecule has 1 aliphatic carbocycles. The first-order chi connectivity index (χ1) is 17.6. The average Bonchev–Trinajstić information content (AvgIpc) is 3.40. The Balaban J connectivity index is 1.31. The van der Waals surface area contributed by atoms with Gasteiger partial charge in [-0.2, -0.15) is 0 Å². The maximum atomic E-state index is 2.47. The second kappa shape index (κ2) is 7.52. The molecular weight excluding hydrogens is 493 g/mol. The molecule has 0 atom stereocenters. The fourth-order valence-corrected chi connectivity index (χ4v) is 9.80. The molecule has 8 rings (SSSR count). The van der Waals surface area contributed by atoms with E-state index in [9.17, 15) is 0 Å². The molecule has 6 aromatic rings. The van der Waals surface area contributed by atoms with Crippen molar-refractivity contribution >= 4 is 55.0 Å². The lowest BCUT2D eigenvalue weighted by Gasteiger charge is -2.28. The SMILES string of the molecule is CC1(C)c2cc(-c3cccc4c3sc3ccccc34)ccc2-c2ccc3c(c21)Sc1ccccc1S3. The fraction of sp³-hybridized carbons (Fsp3) is 0.0909. The van der Waals surface area contributed by atoms with Gasteiger partial charge < -0.3 is 0 Å². The molecule has 172 valence electrons. The fourth-order valence-electron chi connectivity index (χ4n) is 6.01. The highest BCUT2D eigenvalue weighted by Gasteiger charge is 2.39. The molecule has 36 heavy (non-hydrogen) atoms. The molecular formula is C33H22S3. The average molecular weight is 515 g/mol. The first-order valence-electron chi connectivity index (χ1n) is 12.3. The van der Waals surface area contributed by atoms with Crippen molar-refractivity contribution in [3.63, 3.8) is 0 Å². The van der Waals surface area contributed by atoms with Crippen molar-refractivity contribution in [3.05, 3.63) is 108 Å². The van der Waals surface area contributed by atoms with E-state index in [4.69, 9.17) is 0 Å². The zero-order valence-corrected chi connectivity index (χ0v) is 22.4. The van der Waals surface area contributed by atoms with Crippen molar-refractivity contribution in [1.29, 1.82) is 0 Å². The van der Waals surface area contributed by atoms with Crippen LogP contribution in [0.1, 0.15) is 25.0 Å². The summed E-state index contributed by atoms with van der Waals surface area (Å²) in [4.78, 5) is 5.55. The molecule has 0 N–H and O–H groups in total. The van der Waals surface area contributed by atoms with E-state index in [0.717, 1.165) is 0 Å². The predicted molar refractivity (Wildman–Crippen MR) is 157 cm³/mol. The van der Waals surface area contributed by atoms with Gasteiger partial charge in [-0.25, -0.2) is 0 Å². The number of rotatable bonds is 1. The Hall–Kier alpha value is -2.98. The van der Waals surface area contributed by atoms with Crippen LogP contribution in [0, 0.1) is 0 Å². The highest BCUT2D eigenvalue weighted by Crippen LogP contribution is 2.59. The molecule has 0 saturated heterocycles. The van der Waals surface area contributed by atoms with Gasteiger partial charge in [0.15, 0.2) is 0 Å². The molecule has 1 aromatic heterocycles. The van der Waals surface area contributed by atoms with Crippen molar-refractivity contribution in [2.24, 2.45) is 0 Å². The van der Waals surface area contributed by atoms with E-state index >= 15 is 0 Å². The van der Waals surface area contributed by atoms with E-state index in [-0.39, 0.29) is 5.41 Å². The van der Waals surface area contributed by atoms with Crippen molar-refractivity contribution < 1.29 is 0 Å². The summed E-state index contributed by atoms with van der Waals surface area (Å²) >= 11 is 5.77. The second-order valence-corrected chi connectivity index (χ2v) is 13.3. The van der Waals surface area contributed by atoms with Crippen LogP contribution in [0.5, 0.6) is 0 Å². The zero-order chi connectivity index (χ0) is 24.0. The van der Waals surface area contributed by atoms with Crippen LogP contribution in [0.15, 0.2) is 117 Å². The monoisotopic (exact) mass is 514 g/mol. The molecule has 0 fully saturated rings. The lowest BCUT2D eigenvalue weighted by molar-refractivity contribution is 0.642. The summed E-state index contributed by atoms with van der Waals surface area (Å²) in [7, 11) is 0.